The van der Waals surface area contributed by atoms with Crippen LogP contribution >= 0.6 is 0 Å². The van der Waals surface area contributed by atoms with E-state index in [4.69, 9.17) is 9.47 Å². The number of rotatable bonds is 4. The normalized spacial score (nSPS) is 19.9. The molecule has 1 unspecified atom stereocenters. The molecule has 1 heterocycles. The molecule has 0 spiro atoms. The number of aliphatic carboxylic acids is 1. The quantitative estimate of drug-likeness (QED) is 0.833. The second kappa shape index (κ2) is 6.64. The molecule has 1 saturated heterocycles. The van der Waals surface area contributed by atoms with Gasteiger partial charge in [-0.05, 0) is 39.5 Å². The minimum absolute atomic E-state index is 0.0216. The monoisotopic (exact) mass is 301 g/mol. The Hall–Kier alpha value is -1.30. The molecule has 122 valence electrons. The molecule has 6 nitrogen and oxygen atoms in total. The fourth-order valence-electron chi connectivity index (χ4n) is 2.77. The standard InChI is InChI=1S/C15H27NO5/c1-10(2)11(16-13(19)21-14(3,4)5)15(12(17)18)6-8-20-9-7-15/h10-11H,6-9H2,1-5H3,(H,16,19)(H,17,18). The maximum Gasteiger partial charge on any atom is 0.407 e. The van der Waals surface area contributed by atoms with Crippen LogP contribution in [0.3, 0.4) is 0 Å². The van der Waals surface area contributed by atoms with Crippen LogP contribution in [0.25, 0.3) is 0 Å². The van der Waals surface area contributed by atoms with E-state index in [2.05, 4.69) is 5.32 Å². The summed E-state index contributed by atoms with van der Waals surface area (Å²) in [5, 5.41) is 12.5. The molecule has 1 aliphatic heterocycles. The van der Waals surface area contributed by atoms with E-state index in [9.17, 15) is 14.7 Å². The summed E-state index contributed by atoms with van der Waals surface area (Å²) in [7, 11) is 0. The Kier molecular flexibility index (Phi) is 5.61. The van der Waals surface area contributed by atoms with Crippen LogP contribution < -0.4 is 5.32 Å². The predicted molar refractivity (Wildman–Crippen MR) is 78.1 cm³/mol. The summed E-state index contributed by atoms with van der Waals surface area (Å²) in [6.45, 7) is 9.93. The van der Waals surface area contributed by atoms with E-state index < -0.39 is 29.1 Å². The minimum atomic E-state index is -0.997. The van der Waals surface area contributed by atoms with E-state index in [1.54, 1.807) is 20.8 Å². The number of amides is 1. The molecule has 6 heteroatoms. The van der Waals surface area contributed by atoms with Crippen molar-refractivity contribution in [3.63, 3.8) is 0 Å². The van der Waals surface area contributed by atoms with Gasteiger partial charge in [-0.15, -0.1) is 0 Å². The van der Waals surface area contributed by atoms with Crippen LogP contribution in [0, 0.1) is 11.3 Å². The number of hydrogen-bond donors (Lipinski definition) is 2. The largest absolute Gasteiger partial charge is 0.481 e. The van der Waals surface area contributed by atoms with E-state index in [-0.39, 0.29) is 5.92 Å². The highest BCUT2D eigenvalue weighted by atomic mass is 16.6. The van der Waals surface area contributed by atoms with Gasteiger partial charge >= 0.3 is 12.1 Å². The molecule has 0 aromatic rings. The summed E-state index contributed by atoms with van der Waals surface area (Å²) < 4.78 is 10.5. The van der Waals surface area contributed by atoms with Gasteiger partial charge in [0.25, 0.3) is 0 Å². The molecule has 1 amide bonds. The number of carbonyl (C=O) groups is 2. The van der Waals surface area contributed by atoms with Crippen LogP contribution in [-0.2, 0) is 14.3 Å². The Bertz CT molecular complexity index is 380. The molecule has 21 heavy (non-hydrogen) atoms. The van der Waals surface area contributed by atoms with Crippen molar-refractivity contribution < 1.29 is 24.2 Å². The van der Waals surface area contributed by atoms with Gasteiger partial charge in [-0.1, -0.05) is 13.8 Å². The first-order valence-corrected chi connectivity index (χ1v) is 7.39. The van der Waals surface area contributed by atoms with E-state index in [1.165, 1.54) is 0 Å². The summed E-state index contributed by atoms with van der Waals surface area (Å²) >= 11 is 0. The molecule has 1 atom stereocenters. The maximum atomic E-state index is 12.0. The summed E-state index contributed by atoms with van der Waals surface area (Å²) in [5.74, 6) is -0.910. The number of nitrogens with one attached hydrogen (secondary N) is 1. The average molecular weight is 301 g/mol. The summed E-state index contributed by atoms with van der Waals surface area (Å²) in [5.41, 5.74) is -1.61. The van der Waals surface area contributed by atoms with Crippen molar-refractivity contribution in [3.8, 4) is 0 Å². The molecule has 1 fully saturated rings. The van der Waals surface area contributed by atoms with E-state index >= 15 is 0 Å². The zero-order valence-electron chi connectivity index (χ0n) is 13.6. The Morgan fingerprint density at radius 2 is 1.76 bits per heavy atom. The lowest BCUT2D eigenvalue weighted by molar-refractivity contribution is -0.159. The summed E-state index contributed by atoms with van der Waals surface area (Å²) in [6.07, 6.45) is 0.204. The zero-order valence-corrected chi connectivity index (χ0v) is 13.6. The molecule has 1 aliphatic rings. The van der Waals surface area contributed by atoms with Gasteiger partial charge in [0.15, 0.2) is 0 Å². The first-order valence-electron chi connectivity index (χ1n) is 7.39. The van der Waals surface area contributed by atoms with Gasteiger partial charge in [0.1, 0.15) is 5.60 Å². The zero-order chi connectivity index (χ0) is 16.3. The number of carboxylic acid groups (broad SMARTS) is 1. The van der Waals surface area contributed by atoms with E-state index in [0.717, 1.165) is 0 Å². The van der Waals surface area contributed by atoms with Crippen molar-refractivity contribution in [2.75, 3.05) is 13.2 Å². The molecule has 0 radical (unpaired) electrons. The van der Waals surface area contributed by atoms with Crippen molar-refractivity contribution >= 4 is 12.1 Å². The highest BCUT2D eigenvalue weighted by Crippen LogP contribution is 2.38. The number of carboxylic acids is 1. The number of hydrogen-bond acceptors (Lipinski definition) is 4. The highest BCUT2D eigenvalue weighted by molar-refractivity contribution is 5.77. The summed E-state index contributed by atoms with van der Waals surface area (Å²) in [6, 6.07) is -0.492. The molecule has 0 aliphatic carbocycles. The number of alkyl carbamates (subject to hydrolysis) is 1. The topological polar surface area (TPSA) is 84.9 Å². The van der Waals surface area contributed by atoms with Crippen LogP contribution in [0.4, 0.5) is 4.79 Å². The van der Waals surface area contributed by atoms with Gasteiger partial charge in [-0.2, -0.15) is 0 Å². The van der Waals surface area contributed by atoms with Gasteiger partial charge in [-0.25, -0.2) is 4.79 Å². The molecule has 0 saturated carbocycles. The number of ether oxygens (including phenoxy) is 2. The van der Waals surface area contributed by atoms with Gasteiger partial charge in [-0.3, -0.25) is 4.79 Å². The first-order chi connectivity index (χ1) is 9.58. The van der Waals surface area contributed by atoms with E-state index in [0.29, 0.717) is 26.1 Å². The average Bonchev–Trinajstić information content (AvgIpc) is 2.34. The minimum Gasteiger partial charge on any atom is -0.481 e. The molecular weight excluding hydrogens is 274 g/mol. The fraction of sp³-hybridized carbons (Fsp3) is 0.867. The third-order valence-corrected chi connectivity index (χ3v) is 3.75. The molecule has 2 N–H and O–H groups in total. The van der Waals surface area contributed by atoms with Gasteiger partial charge in [0, 0.05) is 13.2 Å². The van der Waals surface area contributed by atoms with Crippen LogP contribution in [0.5, 0.6) is 0 Å². The Labute approximate surface area is 126 Å². The van der Waals surface area contributed by atoms with Crippen LogP contribution in [0.2, 0.25) is 0 Å². The Morgan fingerprint density at radius 3 is 2.14 bits per heavy atom. The summed E-state index contributed by atoms with van der Waals surface area (Å²) in [4.78, 5) is 23.9. The predicted octanol–water partition coefficient (Wildman–Crippen LogP) is 2.42. The number of carbonyl (C=O) groups excluding carboxylic acids is 1. The van der Waals surface area contributed by atoms with Crippen molar-refractivity contribution in [1.82, 2.24) is 5.32 Å². The van der Waals surface area contributed by atoms with Crippen LogP contribution in [0.15, 0.2) is 0 Å². The lowest BCUT2D eigenvalue weighted by atomic mass is 9.70. The molecule has 1 rings (SSSR count). The SMILES string of the molecule is CC(C)C(NC(=O)OC(C)(C)C)C1(C(=O)O)CCOCC1. The lowest BCUT2D eigenvalue weighted by Crippen LogP contribution is -2.57. The Balaban J connectivity index is 2.93. The third kappa shape index (κ3) is 4.59. The highest BCUT2D eigenvalue weighted by Gasteiger charge is 2.49. The van der Waals surface area contributed by atoms with Crippen molar-refractivity contribution in [2.24, 2.45) is 11.3 Å². The van der Waals surface area contributed by atoms with E-state index in [1.807, 2.05) is 13.8 Å². The Morgan fingerprint density at radius 1 is 1.24 bits per heavy atom. The molecule has 0 aromatic heterocycles. The second-order valence-electron chi connectivity index (χ2n) is 6.94. The smallest absolute Gasteiger partial charge is 0.407 e. The maximum absolute atomic E-state index is 12.0. The molecular formula is C15H27NO5. The molecule has 0 bridgehead atoms. The lowest BCUT2D eigenvalue weighted by Gasteiger charge is -2.42. The van der Waals surface area contributed by atoms with Gasteiger partial charge in [0.05, 0.1) is 11.5 Å². The van der Waals surface area contributed by atoms with Crippen molar-refractivity contribution in [3.05, 3.63) is 0 Å². The van der Waals surface area contributed by atoms with Crippen LogP contribution in [-0.4, -0.2) is 42.0 Å². The second-order valence-corrected chi connectivity index (χ2v) is 6.94. The van der Waals surface area contributed by atoms with Gasteiger partial charge in [0.2, 0.25) is 0 Å². The van der Waals surface area contributed by atoms with Gasteiger partial charge < -0.3 is 19.9 Å². The fourth-order valence-corrected chi connectivity index (χ4v) is 2.77. The first kappa shape index (κ1) is 17.8. The third-order valence-electron chi connectivity index (χ3n) is 3.75. The van der Waals surface area contributed by atoms with Crippen molar-refractivity contribution in [2.45, 2.75) is 59.1 Å². The van der Waals surface area contributed by atoms with Crippen molar-refractivity contribution in [1.29, 1.82) is 0 Å². The molecule has 0 aromatic carbocycles. The van der Waals surface area contributed by atoms with Crippen LogP contribution in [0.1, 0.15) is 47.5 Å².